The molecule has 0 bridgehead atoms. The molecule has 1 aliphatic heterocycles. The van der Waals surface area contributed by atoms with E-state index in [-0.39, 0.29) is 29.1 Å². The minimum absolute atomic E-state index is 0.0200. The molecule has 0 radical (unpaired) electrons. The number of amides is 1. The Morgan fingerprint density at radius 1 is 1.63 bits per heavy atom. The summed E-state index contributed by atoms with van der Waals surface area (Å²) in [5, 5.41) is 7.57. The van der Waals surface area contributed by atoms with Crippen molar-refractivity contribution < 1.29 is 13.2 Å². The summed E-state index contributed by atoms with van der Waals surface area (Å²) >= 11 is 0. The highest BCUT2D eigenvalue weighted by Gasteiger charge is 2.33. The lowest BCUT2D eigenvalue weighted by Crippen LogP contribution is -2.38. The zero-order valence-corrected chi connectivity index (χ0v) is 11.5. The number of rotatable bonds is 4. The first-order chi connectivity index (χ1) is 8.93. The van der Waals surface area contributed by atoms with Crippen molar-refractivity contribution >= 4 is 15.7 Å². The molecule has 1 unspecified atom stereocenters. The lowest BCUT2D eigenvalue weighted by molar-refractivity contribution is 0.0741. The van der Waals surface area contributed by atoms with Gasteiger partial charge in [-0.1, -0.05) is 5.21 Å². The minimum atomic E-state index is -3.01. The number of carbonyl (C=O) groups excluding carboxylic acids is 1. The SMILES string of the molecule is CN(C(=O)c1cn(CCN)nn1)C1CCS(=O)(=O)C1. The van der Waals surface area contributed by atoms with Crippen molar-refractivity contribution in [1.82, 2.24) is 19.9 Å². The fraction of sp³-hybridized carbons (Fsp3) is 0.700. The number of nitrogens with zero attached hydrogens (tertiary/aromatic N) is 4. The van der Waals surface area contributed by atoms with Crippen LogP contribution in [0.3, 0.4) is 0 Å². The Morgan fingerprint density at radius 2 is 2.37 bits per heavy atom. The van der Waals surface area contributed by atoms with Crippen LogP contribution in [0, 0.1) is 0 Å². The maximum Gasteiger partial charge on any atom is 0.276 e. The molecular formula is C10H17N5O3S. The van der Waals surface area contributed by atoms with Crippen molar-refractivity contribution in [3.63, 3.8) is 0 Å². The van der Waals surface area contributed by atoms with Gasteiger partial charge in [0.1, 0.15) is 0 Å². The molecule has 1 aromatic rings. The highest BCUT2D eigenvalue weighted by molar-refractivity contribution is 7.91. The van der Waals surface area contributed by atoms with Crippen LogP contribution in [0.15, 0.2) is 6.20 Å². The van der Waals surface area contributed by atoms with Gasteiger partial charge in [-0.15, -0.1) is 5.10 Å². The van der Waals surface area contributed by atoms with Gasteiger partial charge in [-0.25, -0.2) is 8.42 Å². The lowest BCUT2D eigenvalue weighted by atomic mass is 10.2. The van der Waals surface area contributed by atoms with Crippen molar-refractivity contribution in [3.8, 4) is 0 Å². The number of sulfone groups is 1. The van der Waals surface area contributed by atoms with Crippen LogP contribution in [0.1, 0.15) is 16.9 Å². The Labute approximate surface area is 111 Å². The van der Waals surface area contributed by atoms with E-state index in [1.54, 1.807) is 7.05 Å². The summed E-state index contributed by atoms with van der Waals surface area (Å²) in [5.41, 5.74) is 5.59. The number of hydrogen-bond donors (Lipinski definition) is 1. The molecular weight excluding hydrogens is 270 g/mol. The van der Waals surface area contributed by atoms with Crippen LogP contribution in [-0.4, -0.2) is 65.4 Å². The van der Waals surface area contributed by atoms with Gasteiger partial charge >= 0.3 is 0 Å². The van der Waals surface area contributed by atoms with Gasteiger partial charge in [-0.05, 0) is 6.42 Å². The molecule has 19 heavy (non-hydrogen) atoms. The van der Waals surface area contributed by atoms with Crippen molar-refractivity contribution in [2.45, 2.75) is 19.0 Å². The highest BCUT2D eigenvalue weighted by Crippen LogP contribution is 2.17. The van der Waals surface area contributed by atoms with Crippen molar-refractivity contribution in [2.24, 2.45) is 5.73 Å². The topological polar surface area (TPSA) is 111 Å². The summed E-state index contributed by atoms with van der Waals surface area (Å²) in [6, 6.07) is -0.280. The summed E-state index contributed by atoms with van der Waals surface area (Å²) in [6.45, 7) is 0.898. The lowest BCUT2D eigenvalue weighted by Gasteiger charge is -2.21. The second kappa shape index (κ2) is 5.25. The third-order valence-corrected chi connectivity index (χ3v) is 4.94. The van der Waals surface area contributed by atoms with E-state index in [0.717, 1.165) is 0 Å². The molecule has 8 nitrogen and oxygen atoms in total. The Kier molecular flexibility index (Phi) is 3.85. The Hall–Kier alpha value is -1.48. The van der Waals surface area contributed by atoms with Crippen LogP contribution < -0.4 is 5.73 Å². The van der Waals surface area contributed by atoms with Crippen LogP contribution in [0.25, 0.3) is 0 Å². The third-order valence-electron chi connectivity index (χ3n) is 3.19. The molecule has 1 atom stereocenters. The van der Waals surface area contributed by atoms with E-state index in [9.17, 15) is 13.2 Å². The summed E-state index contributed by atoms with van der Waals surface area (Å²) < 4.78 is 24.3. The van der Waals surface area contributed by atoms with E-state index in [1.165, 1.54) is 15.8 Å². The summed E-state index contributed by atoms with van der Waals surface area (Å²) in [7, 11) is -1.42. The van der Waals surface area contributed by atoms with Gasteiger partial charge in [0.15, 0.2) is 15.5 Å². The molecule has 0 aromatic carbocycles. The molecule has 1 fully saturated rings. The molecule has 1 saturated heterocycles. The molecule has 2 rings (SSSR count). The minimum Gasteiger partial charge on any atom is -0.336 e. The number of carbonyl (C=O) groups is 1. The third kappa shape index (κ3) is 3.10. The van der Waals surface area contributed by atoms with Gasteiger partial charge in [0.2, 0.25) is 0 Å². The van der Waals surface area contributed by atoms with E-state index < -0.39 is 9.84 Å². The highest BCUT2D eigenvalue weighted by atomic mass is 32.2. The molecule has 1 aliphatic rings. The van der Waals surface area contributed by atoms with Crippen LogP contribution >= 0.6 is 0 Å². The predicted octanol–water partition coefficient (Wildman–Crippen LogP) is -1.50. The molecule has 2 N–H and O–H groups in total. The molecule has 0 saturated carbocycles. The van der Waals surface area contributed by atoms with E-state index in [1.807, 2.05) is 0 Å². The Morgan fingerprint density at radius 3 is 2.95 bits per heavy atom. The fourth-order valence-corrected chi connectivity index (χ4v) is 3.84. The van der Waals surface area contributed by atoms with E-state index in [4.69, 9.17) is 5.73 Å². The number of nitrogens with two attached hydrogens (primary N) is 1. The van der Waals surface area contributed by atoms with Crippen LogP contribution in [0.5, 0.6) is 0 Å². The molecule has 106 valence electrons. The average molecular weight is 287 g/mol. The van der Waals surface area contributed by atoms with Crippen LogP contribution in [0.4, 0.5) is 0 Å². The van der Waals surface area contributed by atoms with Crippen molar-refractivity contribution in [1.29, 1.82) is 0 Å². The maximum absolute atomic E-state index is 12.1. The number of hydrogen-bond acceptors (Lipinski definition) is 6. The van der Waals surface area contributed by atoms with Gasteiger partial charge in [-0.2, -0.15) is 0 Å². The molecule has 2 heterocycles. The quantitative estimate of drug-likeness (QED) is 0.721. The van der Waals surface area contributed by atoms with Gasteiger partial charge in [0.05, 0.1) is 24.2 Å². The molecule has 0 aliphatic carbocycles. The standard InChI is InChI=1S/C10H17N5O3S/c1-14(8-2-5-19(17,18)7-8)10(16)9-6-15(4-3-11)13-12-9/h6,8H,2-5,7,11H2,1H3. The monoisotopic (exact) mass is 287 g/mol. The Bertz CT molecular complexity index is 567. The predicted molar refractivity (Wildman–Crippen MR) is 68.2 cm³/mol. The van der Waals surface area contributed by atoms with Gasteiger partial charge in [0.25, 0.3) is 5.91 Å². The van der Waals surface area contributed by atoms with Crippen molar-refractivity contribution in [2.75, 3.05) is 25.1 Å². The first-order valence-corrected chi connectivity index (χ1v) is 7.83. The maximum atomic E-state index is 12.1. The van der Waals surface area contributed by atoms with E-state index in [0.29, 0.717) is 19.5 Å². The normalized spacial score (nSPS) is 21.5. The van der Waals surface area contributed by atoms with Gasteiger partial charge in [0, 0.05) is 19.6 Å². The average Bonchev–Trinajstić information content (AvgIpc) is 2.94. The molecule has 9 heteroatoms. The zero-order chi connectivity index (χ0) is 14.0. The summed E-state index contributed by atoms with van der Waals surface area (Å²) in [6.07, 6.45) is 2.00. The second-order valence-corrected chi connectivity index (χ2v) is 6.86. The summed E-state index contributed by atoms with van der Waals surface area (Å²) in [5.74, 6) is -0.160. The van der Waals surface area contributed by atoms with E-state index in [2.05, 4.69) is 10.3 Å². The van der Waals surface area contributed by atoms with E-state index >= 15 is 0 Å². The first-order valence-electron chi connectivity index (χ1n) is 6.01. The van der Waals surface area contributed by atoms with Gasteiger partial charge < -0.3 is 10.6 Å². The molecule has 1 aromatic heterocycles. The zero-order valence-electron chi connectivity index (χ0n) is 10.7. The Balaban J connectivity index is 2.06. The smallest absolute Gasteiger partial charge is 0.276 e. The van der Waals surface area contributed by atoms with Crippen LogP contribution in [-0.2, 0) is 16.4 Å². The first kappa shape index (κ1) is 13.9. The van der Waals surface area contributed by atoms with Crippen LogP contribution in [0.2, 0.25) is 0 Å². The second-order valence-electron chi connectivity index (χ2n) is 4.63. The van der Waals surface area contributed by atoms with Gasteiger partial charge in [-0.3, -0.25) is 9.48 Å². The molecule has 1 amide bonds. The largest absolute Gasteiger partial charge is 0.336 e. The fourth-order valence-electron chi connectivity index (χ4n) is 2.07. The number of aromatic nitrogens is 3. The van der Waals surface area contributed by atoms with Crippen molar-refractivity contribution in [3.05, 3.63) is 11.9 Å². The summed E-state index contributed by atoms with van der Waals surface area (Å²) in [4.78, 5) is 13.6. The molecule has 0 spiro atoms.